The summed E-state index contributed by atoms with van der Waals surface area (Å²) in [5.74, 6) is 0.650. The first-order valence-electron chi connectivity index (χ1n) is 13.0. The molecule has 1 saturated heterocycles. The van der Waals surface area contributed by atoms with E-state index < -0.39 is 4.92 Å². The zero-order valence-corrected chi connectivity index (χ0v) is 21.8. The van der Waals surface area contributed by atoms with Crippen molar-refractivity contribution in [2.75, 3.05) is 23.7 Å². The molecule has 0 unspecified atom stereocenters. The molecule has 2 N–H and O–H groups in total. The summed E-state index contributed by atoms with van der Waals surface area (Å²) in [6.07, 6.45) is 4.41. The van der Waals surface area contributed by atoms with Crippen LogP contribution in [0.3, 0.4) is 0 Å². The maximum Gasteiger partial charge on any atom is 0.293 e. The number of nitrogens with two attached hydrogens (primary N) is 1. The first kappa shape index (κ1) is 26.2. The molecule has 1 aliphatic rings. The Kier molecular flexibility index (Phi) is 7.56. The minimum Gasteiger partial charge on any atom is -0.382 e. The molecule has 1 aromatic heterocycles. The third-order valence-corrected chi connectivity index (χ3v) is 7.24. The highest BCUT2D eigenvalue weighted by Gasteiger charge is 2.26. The SMILES string of the molecule is N#CC(=Cc1ccc(N2CCC(Cc3ccccc3)CC2)c([N+](=O)[O-])c1)c1nn(-c2ccccc2)c(N)c1C#N. The number of piperidine rings is 1. The zero-order valence-electron chi connectivity index (χ0n) is 21.8. The van der Waals surface area contributed by atoms with Crippen LogP contribution in [0.25, 0.3) is 17.3 Å². The molecule has 0 amide bonds. The zero-order chi connectivity index (χ0) is 28.1. The Labute approximate surface area is 232 Å². The molecule has 0 spiro atoms. The van der Waals surface area contributed by atoms with Gasteiger partial charge in [0.15, 0.2) is 0 Å². The maximum atomic E-state index is 12.1. The van der Waals surface area contributed by atoms with Crippen LogP contribution in [0.1, 0.15) is 35.2 Å². The van der Waals surface area contributed by atoms with E-state index in [0.29, 0.717) is 22.9 Å². The average Bonchev–Trinajstić information content (AvgIpc) is 3.33. The Morgan fingerprint density at radius 1 is 1.05 bits per heavy atom. The molecule has 3 aromatic carbocycles. The molecule has 1 fully saturated rings. The van der Waals surface area contributed by atoms with Gasteiger partial charge >= 0.3 is 0 Å². The van der Waals surface area contributed by atoms with E-state index in [1.54, 1.807) is 24.3 Å². The van der Waals surface area contributed by atoms with Crippen LogP contribution in [-0.4, -0.2) is 27.8 Å². The van der Waals surface area contributed by atoms with E-state index in [4.69, 9.17) is 5.73 Å². The number of hydrogen-bond donors (Lipinski definition) is 1. The fourth-order valence-electron chi connectivity index (χ4n) is 5.19. The van der Waals surface area contributed by atoms with Crippen LogP contribution in [0.2, 0.25) is 0 Å². The number of aromatic nitrogens is 2. The van der Waals surface area contributed by atoms with E-state index in [1.165, 1.54) is 22.4 Å². The van der Waals surface area contributed by atoms with Crippen molar-refractivity contribution in [3.63, 3.8) is 0 Å². The molecule has 0 saturated carbocycles. The first-order valence-corrected chi connectivity index (χ1v) is 13.0. The van der Waals surface area contributed by atoms with E-state index in [1.807, 2.05) is 42.5 Å². The van der Waals surface area contributed by atoms with Gasteiger partial charge in [0.25, 0.3) is 5.69 Å². The normalized spacial score (nSPS) is 13.9. The minimum absolute atomic E-state index is 0.0256. The highest BCUT2D eigenvalue weighted by Crippen LogP contribution is 2.34. The standard InChI is InChI=1S/C31H27N7O2/c32-20-25(30-27(21-33)31(34)37(35-30)26-9-5-2-6-10-26)18-24-11-12-28(29(19-24)38(39)40)36-15-13-23(14-16-36)17-22-7-3-1-4-8-22/h1-12,18-19,23H,13-17,34H2. The summed E-state index contributed by atoms with van der Waals surface area (Å²) in [4.78, 5) is 13.7. The topological polar surface area (TPSA) is 138 Å². The molecule has 9 nitrogen and oxygen atoms in total. The van der Waals surface area contributed by atoms with Crippen molar-refractivity contribution in [1.82, 2.24) is 9.78 Å². The van der Waals surface area contributed by atoms with Crippen molar-refractivity contribution in [3.8, 4) is 17.8 Å². The number of benzene rings is 3. The second kappa shape index (κ2) is 11.5. The third-order valence-electron chi connectivity index (χ3n) is 7.24. The van der Waals surface area contributed by atoms with Gasteiger partial charge in [0.05, 0.1) is 16.2 Å². The molecular weight excluding hydrogens is 502 g/mol. The number of rotatable bonds is 7. The lowest BCUT2D eigenvalue weighted by molar-refractivity contribution is -0.384. The van der Waals surface area contributed by atoms with E-state index in [-0.39, 0.29) is 28.3 Å². The lowest BCUT2D eigenvalue weighted by Gasteiger charge is -2.33. The summed E-state index contributed by atoms with van der Waals surface area (Å²) in [5, 5.41) is 36.2. The third kappa shape index (κ3) is 5.40. The van der Waals surface area contributed by atoms with Crippen molar-refractivity contribution >= 4 is 28.8 Å². The van der Waals surface area contributed by atoms with Crippen LogP contribution in [0.15, 0.2) is 78.9 Å². The Bertz CT molecular complexity index is 1640. The van der Waals surface area contributed by atoms with Gasteiger partial charge < -0.3 is 10.6 Å². The number of allylic oxidation sites excluding steroid dienone is 1. The van der Waals surface area contributed by atoms with Gasteiger partial charge in [-0.2, -0.15) is 15.6 Å². The second-order valence-corrected chi connectivity index (χ2v) is 9.76. The molecule has 4 aromatic rings. The highest BCUT2D eigenvalue weighted by molar-refractivity contribution is 5.92. The molecule has 0 atom stereocenters. The summed E-state index contributed by atoms with van der Waals surface area (Å²) in [6, 6.07) is 28.5. The predicted molar refractivity (Wildman–Crippen MR) is 154 cm³/mol. The largest absolute Gasteiger partial charge is 0.382 e. The maximum absolute atomic E-state index is 12.1. The molecule has 40 heavy (non-hydrogen) atoms. The predicted octanol–water partition coefficient (Wildman–Crippen LogP) is 5.76. The van der Waals surface area contributed by atoms with Gasteiger partial charge in [0, 0.05) is 19.2 Å². The number of anilines is 2. The van der Waals surface area contributed by atoms with E-state index in [0.717, 1.165) is 32.4 Å². The monoisotopic (exact) mass is 529 g/mol. The van der Waals surface area contributed by atoms with Crippen LogP contribution >= 0.6 is 0 Å². The Hall–Kier alpha value is -5.41. The lowest BCUT2D eigenvalue weighted by atomic mass is 9.90. The summed E-state index contributed by atoms with van der Waals surface area (Å²) in [6.45, 7) is 1.47. The van der Waals surface area contributed by atoms with Crippen molar-refractivity contribution in [2.45, 2.75) is 19.3 Å². The van der Waals surface area contributed by atoms with E-state index in [2.05, 4.69) is 28.2 Å². The Balaban J connectivity index is 1.40. The Morgan fingerprint density at radius 3 is 2.35 bits per heavy atom. The number of nitrogen functional groups attached to an aromatic ring is 1. The second-order valence-electron chi connectivity index (χ2n) is 9.76. The molecule has 0 aliphatic carbocycles. The van der Waals surface area contributed by atoms with Gasteiger partial charge in [-0.25, -0.2) is 4.68 Å². The molecule has 2 heterocycles. The summed E-state index contributed by atoms with van der Waals surface area (Å²) < 4.78 is 1.41. The van der Waals surface area contributed by atoms with E-state index in [9.17, 15) is 20.6 Å². The van der Waals surface area contributed by atoms with Crippen LogP contribution in [-0.2, 0) is 6.42 Å². The van der Waals surface area contributed by atoms with Gasteiger partial charge in [0.2, 0.25) is 0 Å². The number of nitro benzene ring substituents is 1. The van der Waals surface area contributed by atoms with Crippen LogP contribution in [0.4, 0.5) is 17.2 Å². The molecule has 198 valence electrons. The molecule has 1 aliphatic heterocycles. The quantitative estimate of drug-likeness (QED) is 0.182. The van der Waals surface area contributed by atoms with Gasteiger partial charge in [-0.05, 0) is 60.6 Å². The lowest BCUT2D eigenvalue weighted by Crippen LogP contribution is -2.34. The number of hydrogen-bond acceptors (Lipinski definition) is 7. The average molecular weight is 530 g/mol. The van der Waals surface area contributed by atoms with Crippen molar-refractivity contribution in [2.24, 2.45) is 5.92 Å². The van der Waals surface area contributed by atoms with Crippen molar-refractivity contribution in [3.05, 3.63) is 111 Å². The smallest absolute Gasteiger partial charge is 0.293 e. The number of nitro groups is 1. The minimum atomic E-state index is -0.391. The molecule has 5 rings (SSSR count). The molecule has 9 heteroatoms. The molecule has 0 radical (unpaired) electrons. The van der Waals surface area contributed by atoms with E-state index >= 15 is 0 Å². The number of para-hydroxylation sites is 1. The summed E-state index contributed by atoms with van der Waals surface area (Å²) in [5.41, 5.74) is 9.43. The van der Waals surface area contributed by atoms with Crippen LogP contribution in [0.5, 0.6) is 0 Å². The fraction of sp³-hybridized carbons (Fsp3) is 0.194. The van der Waals surface area contributed by atoms with Crippen LogP contribution in [0, 0.1) is 38.7 Å². The van der Waals surface area contributed by atoms with Gasteiger partial charge in [-0.1, -0.05) is 54.6 Å². The van der Waals surface area contributed by atoms with Gasteiger partial charge in [-0.15, -0.1) is 0 Å². The van der Waals surface area contributed by atoms with Crippen LogP contribution < -0.4 is 10.6 Å². The number of nitrogens with zero attached hydrogens (tertiary/aromatic N) is 6. The highest BCUT2D eigenvalue weighted by atomic mass is 16.6. The van der Waals surface area contributed by atoms with Crippen molar-refractivity contribution in [1.29, 1.82) is 10.5 Å². The first-order chi connectivity index (χ1) is 19.5. The molecular formula is C31H27N7O2. The van der Waals surface area contributed by atoms with Crippen molar-refractivity contribution < 1.29 is 4.92 Å². The summed E-state index contributed by atoms with van der Waals surface area (Å²) in [7, 11) is 0. The molecule has 0 bridgehead atoms. The van der Waals surface area contributed by atoms with Gasteiger partial charge in [0.1, 0.15) is 34.9 Å². The number of nitriles is 2. The summed E-state index contributed by atoms with van der Waals surface area (Å²) >= 11 is 0. The fourth-order valence-corrected chi connectivity index (χ4v) is 5.19. The Morgan fingerprint density at radius 2 is 1.73 bits per heavy atom. The van der Waals surface area contributed by atoms with Gasteiger partial charge in [-0.3, -0.25) is 10.1 Å².